The molecule has 0 atom stereocenters. The Balaban J connectivity index is -0.000000113. The van der Waals surface area contributed by atoms with Crippen molar-refractivity contribution in [3.05, 3.63) is 40.2 Å². The van der Waals surface area contributed by atoms with E-state index < -0.39 is 8.80 Å². The topological polar surface area (TPSA) is 42.3 Å². The van der Waals surface area contributed by atoms with Crippen LogP contribution in [-0.4, -0.2) is 48.1 Å². The molecule has 0 aromatic heterocycles. The number of rotatable bonds is 7. The summed E-state index contributed by atoms with van der Waals surface area (Å²) < 4.78 is 0. The Hall–Kier alpha value is 0.317. The molecule has 0 aliphatic heterocycles. The third-order valence-corrected chi connectivity index (χ3v) is 4.42. The van der Waals surface area contributed by atoms with Crippen LogP contribution < -0.4 is 5.19 Å². The summed E-state index contributed by atoms with van der Waals surface area (Å²) in [5, 5.41) is 13.5. The molecule has 0 radical (unpaired) electrons. The molecule has 1 rings (SSSR count). The molecule has 5 heteroatoms. The molecule has 0 unspecified atom stereocenters. The maximum Gasteiger partial charge on any atom is 4.00 e. The average Bonchev–Trinajstić information content (AvgIpc) is 3.06. The van der Waals surface area contributed by atoms with E-state index in [1.165, 1.54) is 0 Å². The van der Waals surface area contributed by atoms with Gasteiger partial charge in [0.2, 0.25) is 0 Å². The number of hydrogen-bond donors (Lipinski definition) is 0. The van der Waals surface area contributed by atoms with Gasteiger partial charge in [0.05, 0.1) is 0 Å². The molecule has 0 aliphatic carbocycles. The molecule has 0 fully saturated rings. The Labute approximate surface area is 173 Å². The van der Waals surface area contributed by atoms with Crippen LogP contribution in [0.1, 0.15) is 41.5 Å². The van der Waals surface area contributed by atoms with Gasteiger partial charge in [0.25, 0.3) is 0 Å². The van der Waals surface area contributed by atoms with Crippen LogP contribution in [0.2, 0.25) is 13.1 Å². The molecule has 0 spiro atoms. The van der Waals surface area contributed by atoms with E-state index in [-0.39, 0.29) is 25.8 Å². The quantitative estimate of drug-likeness (QED) is 0.348. The van der Waals surface area contributed by atoms with E-state index in [9.17, 15) is 0 Å². The second-order valence-electron chi connectivity index (χ2n) is 4.94. The largest absolute Gasteiger partial charge is 4.00 e. The van der Waals surface area contributed by atoms with Crippen LogP contribution >= 0.6 is 0 Å². The first-order chi connectivity index (χ1) is 11.0. The smallest absolute Gasteiger partial charge is 0.663 e. The molecule has 0 amide bonds. The second-order valence-corrected chi connectivity index (χ2v) is 7.92. The summed E-state index contributed by atoms with van der Waals surface area (Å²) in [4.78, 5) is 0. The van der Waals surface area contributed by atoms with E-state index in [1.807, 2.05) is 41.5 Å². The number of hydrogen-bond acceptors (Lipinski definition) is 0. The SMILES string of the molecule is CC[N-]CC.CC[N-]CC.CC[N-]CC.C[SiH](C)[c-]1cccc1.[Hf+4]. The Morgan fingerprint density at radius 1 is 0.625 bits per heavy atom. The molecule has 0 saturated heterocycles. The van der Waals surface area contributed by atoms with Gasteiger partial charge in [-0.1, -0.05) is 54.6 Å². The molecule has 140 valence electrons. The van der Waals surface area contributed by atoms with Crippen LogP contribution in [-0.2, 0) is 25.8 Å². The van der Waals surface area contributed by atoms with E-state index in [4.69, 9.17) is 0 Å². The Morgan fingerprint density at radius 2 is 0.875 bits per heavy atom. The van der Waals surface area contributed by atoms with Crippen molar-refractivity contribution >= 4 is 14.0 Å². The summed E-state index contributed by atoms with van der Waals surface area (Å²) in [6, 6.07) is 8.67. The van der Waals surface area contributed by atoms with Gasteiger partial charge in [-0.15, -0.1) is 0 Å². The molecule has 0 aliphatic rings. The van der Waals surface area contributed by atoms with Crippen molar-refractivity contribution in [3.8, 4) is 0 Å². The van der Waals surface area contributed by atoms with Crippen molar-refractivity contribution in [1.29, 1.82) is 0 Å². The average molecular weight is 518 g/mol. The van der Waals surface area contributed by atoms with Gasteiger partial charge in [0, 0.05) is 8.80 Å². The van der Waals surface area contributed by atoms with E-state index in [0.29, 0.717) is 0 Å². The molecule has 0 heterocycles. The summed E-state index contributed by atoms with van der Waals surface area (Å²) in [6.07, 6.45) is 0. The zero-order valence-corrected chi connectivity index (χ0v) is 22.2. The maximum atomic E-state index is 3.97. The normalized spacial score (nSPS) is 8.71. The Bertz CT molecular complexity index is 247. The third kappa shape index (κ3) is 33.8. The summed E-state index contributed by atoms with van der Waals surface area (Å²) in [7, 11) is -0.480. The van der Waals surface area contributed by atoms with Crippen LogP contribution in [0.5, 0.6) is 0 Å². The fourth-order valence-electron chi connectivity index (χ4n) is 1.44. The van der Waals surface area contributed by atoms with Gasteiger partial charge >= 0.3 is 25.8 Å². The fourth-order valence-corrected chi connectivity index (χ4v) is 2.44. The molecule has 0 saturated carbocycles. The summed E-state index contributed by atoms with van der Waals surface area (Å²) in [6.45, 7) is 22.8. The molecule has 0 N–H and O–H groups in total. The van der Waals surface area contributed by atoms with Crippen molar-refractivity contribution in [1.82, 2.24) is 0 Å². The van der Waals surface area contributed by atoms with Crippen LogP contribution in [0.3, 0.4) is 0 Å². The Kier molecular flexibility index (Phi) is 41.5. The maximum absolute atomic E-state index is 3.97. The molecule has 0 bridgehead atoms. The second kappa shape index (κ2) is 31.1. The van der Waals surface area contributed by atoms with Gasteiger partial charge in [0.15, 0.2) is 0 Å². The van der Waals surface area contributed by atoms with Gasteiger partial charge in [-0.2, -0.15) is 56.6 Å². The molecular formula is C19H41HfN3Si. The molecular weight excluding hydrogens is 477 g/mol. The summed E-state index contributed by atoms with van der Waals surface area (Å²) in [5.41, 5.74) is 0. The first kappa shape index (κ1) is 32.0. The zero-order chi connectivity index (χ0) is 18.3. The van der Waals surface area contributed by atoms with E-state index in [2.05, 4.69) is 53.3 Å². The van der Waals surface area contributed by atoms with Crippen molar-refractivity contribution in [2.45, 2.75) is 54.6 Å². The van der Waals surface area contributed by atoms with Gasteiger partial charge in [0.1, 0.15) is 0 Å². The van der Waals surface area contributed by atoms with Gasteiger partial charge in [-0.3, -0.25) is 0 Å². The zero-order valence-electron chi connectivity index (χ0n) is 17.5. The van der Waals surface area contributed by atoms with E-state index in [0.717, 1.165) is 39.3 Å². The minimum absolute atomic E-state index is 0. The van der Waals surface area contributed by atoms with Gasteiger partial charge < -0.3 is 16.0 Å². The minimum atomic E-state index is -0.480. The monoisotopic (exact) mass is 519 g/mol. The summed E-state index contributed by atoms with van der Waals surface area (Å²) >= 11 is 0. The van der Waals surface area contributed by atoms with Crippen molar-refractivity contribution in [3.63, 3.8) is 0 Å². The first-order valence-corrected chi connectivity index (χ1v) is 12.0. The summed E-state index contributed by atoms with van der Waals surface area (Å²) in [5.74, 6) is 0. The predicted molar refractivity (Wildman–Crippen MR) is 114 cm³/mol. The van der Waals surface area contributed by atoms with Gasteiger partial charge in [-0.05, 0) is 0 Å². The van der Waals surface area contributed by atoms with Crippen LogP contribution in [0, 0.1) is 0 Å². The predicted octanol–water partition coefficient (Wildman–Crippen LogP) is 5.30. The van der Waals surface area contributed by atoms with Crippen LogP contribution in [0.4, 0.5) is 0 Å². The van der Waals surface area contributed by atoms with Crippen LogP contribution in [0.15, 0.2) is 24.3 Å². The van der Waals surface area contributed by atoms with E-state index in [1.54, 1.807) is 5.19 Å². The molecule has 1 aromatic carbocycles. The fraction of sp³-hybridized carbons (Fsp3) is 0.737. The third-order valence-electron chi connectivity index (χ3n) is 2.70. The van der Waals surface area contributed by atoms with Crippen molar-refractivity contribution in [2.24, 2.45) is 0 Å². The minimum Gasteiger partial charge on any atom is -0.663 e. The first-order valence-electron chi connectivity index (χ1n) is 9.16. The molecule has 1 aromatic rings. The van der Waals surface area contributed by atoms with Crippen molar-refractivity contribution < 1.29 is 25.8 Å². The standard InChI is InChI=1S/C7H11Si.3C4H10N.Hf/c1-8(2)7-5-3-4-6-7;3*1-3-5-4-2;/h3-6,8H,1-2H3;3*3-4H2,1-2H3;/q4*-1;+4. The van der Waals surface area contributed by atoms with Gasteiger partial charge in [-0.25, -0.2) is 12.1 Å². The van der Waals surface area contributed by atoms with Crippen molar-refractivity contribution in [2.75, 3.05) is 39.3 Å². The van der Waals surface area contributed by atoms with E-state index >= 15 is 0 Å². The molecule has 3 nitrogen and oxygen atoms in total. The Morgan fingerprint density at radius 3 is 0.958 bits per heavy atom. The van der Waals surface area contributed by atoms with Crippen LogP contribution in [0.25, 0.3) is 16.0 Å². The molecule has 24 heavy (non-hydrogen) atoms. The number of nitrogens with zero attached hydrogens (tertiary/aromatic N) is 3.